The van der Waals surface area contributed by atoms with Crippen LogP contribution in [0.15, 0.2) is 41.0 Å². The van der Waals surface area contributed by atoms with Crippen molar-refractivity contribution in [2.45, 2.75) is 43.6 Å². The van der Waals surface area contributed by atoms with Gasteiger partial charge in [0.1, 0.15) is 11.5 Å². The molecule has 1 amide bonds. The van der Waals surface area contributed by atoms with E-state index in [1.165, 1.54) is 18.4 Å². The number of piperidine rings is 2. The standard InChI is InChI=1S/C25H35N11O3/c26-14-6-15(27)11-35(10-14)24-32-23(33-25(34-24)36-12-16(28)7-17(29)13-36)31-18-3-4-20(21(37)8-18)22(38)30-9-19-2-1-5-39-19/h1-5,8,14-17,37H,6-7,9-13,26-29H2,(H,30,38)(H,31,32,33,34)/t14-,15+,16-,17+. The van der Waals surface area contributed by atoms with Crippen LogP contribution >= 0.6 is 0 Å². The zero-order valence-corrected chi connectivity index (χ0v) is 21.5. The molecule has 4 heterocycles. The summed E-state index contributed by atoms with van der Waals surface area (Å²) in [7, 11) is 0. The lowest BCUT2D eigenvalue weighted by Gasteiger charge is -2.37. The van der Waals surface area contributed by atoms with Crippen molar-refractivity contribution in [1.82, 2.24) is 20.3 Å². The molecule has 4 atom stereocenters. The SMILES string of the molecule is N[C@@H]1C[C@H](N)CN(c2nc(Nc3ccc(C(=O)NCc4ccco4)c(O)c3)nc(N3C[C@H](N)C[C@H](N)C3)n2)C1. The molecule has 0 saturated carbocycles. The maximum atomic E-state index is 12.6. The molecule has 3 aromatic rings. The van der Waals surface area contributed by atoms with Gasteiger partial charge in [-0.05, 0) is 37.1 Å². The number of anilines is 4. The first-order valence-electron chi connectivity index (χ1n) is 12.9. The molecule has 39 heavy (non-hydrogen) atoms. The van der Waals surface area contributed by atoms with Crippen molar-refractivity contribution in [1.29, 1.82) is 0 Å². The van der Waals surface area contributed by atoms with Gasteiger partial charge in [0, 0.05) is 62.1 Å². The molecule has 0 aliphatic carbocycles. The smallest absolute Gasteiger partial charge is 0.255 e. The number of furan rings is 1. The van der Waals surface area contributed by atoms with Gasteiger partial charge in [0.15, 0.2) is 0 Å². The molecule has 2 fully saturated rings. The highest BCUT2D eigenvalue weighted by molar-refractivity contribution is 5.97. The number of nitrogens with two attached hydrogens (primary N) is 4. The highest BCUT2D eigenvalue weighted by Gasteiger charge is 2.29. The van der Waals surface area contributed by atoms with E-state index >= 15 is 0 Å². The number of nitrogens with one attached hydrogen (secondary N) is 2. The molecular formula is C25H35N11O3. The van der Waals surface area contributed by atoms with Gasteiger partial charge in [-0.1, -0.05) is 0 Å². The first kappa shape index (κ1) is 26.6. The monoisotopic (exact) mass is 537 g/mol. The van der Waals surface area contributed by atoms with Crippen LogP contribution in [0.2, 0.25) is 0 Å². The van der Waals surface area contributed by atoms with Gasteiger partial charge in [-0.3, -0.25) is 4.79 Å². The second-order valence-corrected chi connectivity index (χ2v) is 10.2. The predicted molar refractivity (Wildman–Crippen MR) is 147 cm³/mol. The summed E-state index contributed by atoms with van der Waals surface area (Å²) in [6.45, 7) is 2.42. The number of carbonyl (C=O) groups is 1. The number of aromatic nitrogens is 3. The van der Waals surface area contributed by atoms with Crippen LogP contribution in [0.1, 0.15) is 29.0 Å². The first-order valence-corrected chi connectivity index (χ1v) is 12.9. The van der Waals surface area contributed by atoms with Crippen molar-refractivity contribution >= 4 is 29.4 Å². The van der Waals surface area contributed by atoms with Crippen LogP contribution in [0.5, 0.6) is 5.75 Å². The van der Waals surface area contributed by atoms with E-state index in [1.54, 1.807) is 18.2 Å². The topological polar surface area (TPSA) is 224 Å². The maximum absolute atomic E-state index is 12.6. The Morgan fingerprint density at radius 1 is 0.923 bits per heavy atom. The van der Waals surface area contributed by atoms with Gasteiger partial charge < -0.3 is 52.9 Å². The summed E-state index contributed by atoms with van der Waals surface area (Å²) in [4.78, 5) is 30.4. The maximum Gasteiger partial charge on any atom is 0.255 e. The number of aromatic hydroxyl groups is 1. The van der Waals surface area contributed by atoms with Crippen molar-refractivity contribution in [2.75, 3.05) is 41.3 Å². The van der Waals surface area contributed by atoms with Crippen LogP contribution in [-0.2, 0) is 6.54 Å². The molecule has 5 rings (SSSR count). The lowest BCUT2D eigenvalue weighted by molar-refractivity contribution is 0.0945. The van der Waals surface area contributed by atoms with Crippen molar-refractivity contribution in [3.05, 3.63) is 47.9 Å². The van der Waals surface area contributed by atoms with Crippen LogP contribution in [0.4, 0.5) is 23.5 Å². The molecule has 11 N–H and O–H groups in total. The van der Waals surface area contributed by atoms with Crippen LogP contribution in [0.3, 0.4) is 0 Å². The van der Waals surface area contributed by atoms with Gasteiger partial charge in [-0.25, -0.2) is 0 Å². The summed E-state index contributed by atoms with van der Waals surface area (Å²) < 4.78 is 5.22. The zero-order valence-electron chi connectivity index (χ0n) is 21.5. The summed E-state index contributed by atoms with van der Waals surface area (Å²) in [5.41, 5.74) is 25.5. The molecule has 1 aromatic carbocycles. The highest BCUT2D eigenvalue weighted by atomic mass is 16.3. The fraction of sp³-hybridized carbons (Fsp3) is 0.440. The summed E-state index contributed by atoms with van der Waals surface area (Å²) in [6, 6.07) is 7.67. The van der Waals surface area contributed by atoms with E-state index in [1.807, 2.05) is 9.80 Å². The molecule has 0 bridgehead atoms. The number of phenols is 1. The van der Waals surface area contributed by atoms with Crippen LogP contribution in [0.25, 0.3) is 0 Å². The average Bonchev–Trinajstić information content (AvgIpc) is 3.40. The fourth-order valence-electron chi connectivity index (χ4n) is 4.98. The molecule has 14 nitrogen and oxygen atoms in total. The van der Waals surface area contributed by atoms with Crippen molar-refractivity contribution < 1.29 is 14.3 Å². The van der Waals surface area contributed by atoms with Crippen molar-refractivity contribution in [3.63, 3.8) is 0 Å². The van der Waals surface area contributed by atoms with E-state index < -0.39 is 5.91 Å². The predicted octanol–water partition coefficient (Wildman–Crippen LogP) is -0.427. The number of hydrogen-bond acceptors (Lipinski definition) is 13. The van der Waals surface area contributed by atoms with Crippen molar-refractivity contribution in [2.24, 2.45) is 22.9 Å². The number of carbonyl (C=O) groups excluding carboxylic acids is 1. The summed E-state index contributed by atoms with van der Waals surface area (Å²) in [5, 5.41) is 16.4. The molecule has 0 radical (unpaired) electrons. The molecule has 0 spiro atoms. The molecule has 208 valence electrons. The number of nitrogens with zero attached hydrogens (tertiary/aromatic N) is 5. The number of hydrogen-bond donors (Lipinski definition) is 7. The number of benzene rings is 1. The fourth-order valence-corrected chi connectivity index (χ4v) is 4.98. The first-order chi connectivity index (χ1) is 18.7. The van der Waals surface area contributed by atoms with Gasteiger partial charge in [0.2, 0.25) is 17.8 Å². The third-order valence-electron chi connectivity index (χ3n) is 6.71. The Labute approximate surface area is 225 Å². The van der Waals surface area contributed by atoms with Crippen molar-refractivity contribution in [3.8, 4) is 5.75 Å². The summed E-state index contributed by atoms with van der Waals surface area (Å²) in [6.07, 6.45) is 2.96. The molecular weight excluding hydrogens is 502 g/mol. The van der Waals surface area contributed by atoms with Gasteiger partial charge in [0.05, 0.1) is 18.4 Å². The molecule has 14 heteroatoms. The van der Waals surface area contributed by atoms with Gasteiger partial charge >= 0.3 is 0 Å². The molecule has 2 aliphatic rings. The Bertz CT molecular complexity index is 1220. The second-order valence-electron chi connectivity index (χ2n) is 10.2. The Hall–Kier alpha value is -3.98. The third-order valence-corrected chi connectivity index (χ3v) is 6.71. The minimum Gasteiger partial charge on any atom is -0.507 e. The van der Waals surface area contributed by atoms with E-state index in [2.05, 4.69) is 20.6 Å². The number of phenolic OH excluding ortho intramolecular Hbond substituents is 1. The van der Waals surface area contributed by atoms with Gasteiger partial charge in [0.25, 0.3) is 5.91 Å². The molecule has 0 unspecified atom stereocenters. The summed E-state index contributed by atoms with van der Waals surface area (Å²) >= 11 is 0. The molecule has 2 aliphatic heterocycles. The van der Waals surface area contributed by atoms with Crippen LogP contribution in [-0.4, -0.2) is 76.3 Å². The van der Waals surface area contributed by atoms with Gasteiger partial charge in [-0.2, -0.15) is 15.0 Å². The number of rotatable bonds is 7. The van der Waals surface area contributed by atoms with Crippen LogP contribution in [0, 0.1) is 0 Å². The zero-order chi connectivity index (χ0) is 27.5. The Kier molecular flexibility index (Phi) is 7.79. The minimum absolute atomic E-state index is 0.106. The van der Waals surface area contributed by atoms with E-state index in [9.17, 15) is 9.90 Å². The normalized spacial score (nSPS) is 23.5. The quantitative estimate of drug-likeness (QED) is 0.203. The van der Waals surface area contributed by atoms with E-state index in [4.69, 9.17) is 32.3 Å². The Balaban J connectivity index is 1.38. The lowest BCUT2D eigenvalue weighted by Crippen LogP contribution is -2.54. The van der Waals surface area contributed by atoms with Gasteiger partial charge in [-0.15, -0.1) is 0 Å². The average molecular weight is 538 g/mol. The Morgan fingerprint density at radius 2 is 1.51 bits per heavy atom. The second kappa shape index (κ2) is 11.4. The Morgan fingerprint density at radius 3 is 2.03 bits per heavy atom. The largest absolute Gasteiger partial charge is 0.507 e. The van der Waals surface area contributed by atoms with Crippen LogP contribution < -0.4 is 43.4 Å². The summed E-state index contributed by atoms with van der Waals surface area (Å²) in [5.74, 6) is 1.08. The van der Waals surface area contributed by atoms with E-state index in [0.717, 1.165) is 12.8 Å². The highest BCUT2D eigenvalue weighted by Crippen LogP contribution is 2.27. The van der Waals surface area contributed by atoms with E-state index in [0.29, 0.717) is 49.5 Å². The molecule has 2 aromatic heterocycles. The third kappa shape index (κ3) is 6.54. The number of amides is 1. The lowest BCUT2D eigenvalue weighted by atomic mass is 10.0. The minimum atomic E-state index is -0.435. The van der Waals surface area contributed by atoms with E-state index in [-0.39, 0.29) is 48.0 Å². The molecule has 2 saturated heterocycles.